The summed E-state index contributed by atoms with van der Waals surface area (Å²) in [4.78, 5) is 16.9. The third-order valence-electron chi connectivity index (χ3n) is 4.92. The zero-order valence-corrected chi connectivity index (χ0v) is 13.9. The molecule has 0 unspecified atom stereocenters. The Morgan fingerprint density at radius 3 is 2.88 bits per heavy atom. The molecule has 126 valence electrons. The van der Waals surface area contributed by atoms with Crippen LogP contribution in [0.4, 0.5) is 0 Å². The van der Waals surface area contributed by atoms with Crippen molar-refractivity contribution in [2.45, 2.75) is 44.7 Å². The number of aryl methyl sites for hydroxylation is 1. The molecule has 3 heterocycles. The van der Waals surface area contributed by atoms with Crippen LogP contribution in [-0.4, -0.2) is 33.9 Å². The Balaban J connectivity index is 1.58. The van der Waals surface area contributed by atoms with Gasteiger partial charge < -0.3 is 10.1 Å². The van der Waals surface area contributed by atoms with Gasteiger partial charge in [0.1, 0.15) is 5.82 Å². The molecule has 1 aromatic heterocycles. The molecule has 1 atom stereocenters. The topological polar surface area (TPSA) is 69.0 Å². The normalized spacial score (nSPS) is 20.9. The average molecular weight is 326 g/mol. The second-order valence-electron chi connectivity index (χ2n) is 6.41. The lowest BCUT2D eigenvalue weighted by Crippen LogP contribution is -2.22. The van der Waals surface area contributed by atoms with E-state index in [9.17, 15) is 4.79 Å². The molecular weight excluding hydrogens is 304 g/mol. The molecule has 6 heteroatoms. The van der Waals surface area contributed by atoms with Gasteiger partial charge in [-0.1, -0.05) is 18.2 Å². The first kappa shape index (κ1) is 15.3. The largest absolute Gasteiger partial charge is 0.381 e. The smallest absolute Gasteiger partial charge is 0.252 e. The Bertz CT molecular complexity index is 749. The molecule has 24 heavy (non-hydrogen) atoms. The predicted octanol–water partition coefficient (Wildman–Crippen LogP) is 2.22. The number of benzene rings is 1. The second-order valence-corrected chi connectivity index (χ2v) is 6.41. The molecule has 1 fully saturated rings. The Morgan fingerprint density at radius 2 is 2.08 bits per heavy atom. The highest BCUT2D eigenvalue weighted by Crippen LogP contribution is 2.29. The number of rotatable bonds is 4. The van der Waals surface area contributed by atoms with E-state index in [1.54, 1.807) is 0 Å². The van der Waals surface area contributed by atoms with E-state index in [1.807, 2.05) is 28.9 Å². The van der Waals surface area contributed by atoms with Crippen molar-refractivity contribution in [3.8, 4) is 0 Å². The second kappa shape index (κ2) is 6.36. The lowest BCUT2D eigenvalue weighted by molar-refractivity contribution is 0.0835. The number of nitrogens with one attached hydrogen (secondary N) is 1. The van der Waals surface area contributed by atoms with Crippen molar-refractivity contribution in [1.82, 2.24) is 20.1 Å². The fourth-order valence-electron chi connectivity index (χ4n) is 3.59. The number of hydrogen-bond acceptors (Lipinski definition) is 4. The zero-order chi connectivity index (χ0) is 16.5. The van der Waals surface area contributed by atoms with Gasteiger partial charge in [-0.15, -0.1) is 0 Å². The fourth-order valence-corrected chi connectivity index (χ4v) is 3.59. The maximum atomic E-state index is 12.1. The number of ether oxygens (including phenoxy) is 1. The van der Waals surface area contributed by atoms with E-state index in [4.69, 9.17) is 14.8 Å². The lowest BCUT2D eigenvalue weighted by atomic mass is 10.00. The minimum atomic E-state index is -0.0225. The van der Waals surface area contributed by atoms with Crippen molar-refractivity contribution in [2.24, 2.45) is 0 Å². The van der Waals surface area contributed by atoms with Crippen LogP contribution in [0.5, 0.6) is 0 Å². The van der Waals surface area contributed by atoms with Gasteiger partial charge in [0.2, 0.25) is 0 Å². The first-order chi connectivity index (χ1) is 11.8. The van der Waals surface area contributed by atoms with E-state index >= 15 is 0 Å². The molecule has 1 N–H and O–H groups in total. The number of hydrogen-bond donors (Lipinski definition) is 1. The zero-order valence-electron chi connectivity index (χ0n) is 13.9. The van der Waals surface area contributed by atoms with Crippen LogP contribution in [0, 0.1) is 0 Å². The van der Waals surface area contributed by atoms with E-state index in [0.717, 1.165) is 55.4 Å². The molecule has 2 aromatic rings. The molecule has 6 nitrogen and oxygen atoms in total. The Morgan fingerprint density at radius 1 is 1.29 bits per heavy atom. The van der Waals surface area contributed by atoms with Crippen LogP contribution in [-0.2, 0) is 17.7 Å². The highest BCUT2D eigenvalue weighted by molar-refractivity contribution is 5.99. The maximum Gasteiger partial charge on any atom is 0.252 e. The Kier molecular flexibility index (Phi) is 4.06. The van der Waals surface area contributed by atoms with Gasteiger partial charge in [0, 0.05) is 37.7 Å². The van der Waals surface area contributed by atoms with Gasteiger partial charge in [0.25, 0.3) is 5.91 Å². The minimum absolute atomic E-state index is 0.00261. The van der Waals surface area contributed by atoms with Crippen LogP contribution < -0.4 is 5.32 Å². The third-order valence-corrected chi connectivity index (χ3v) is 4.92. The van der Waals surface area contributed by atoms with E-state index in [1.165, 1.54) is 0 Å². The summed E-state index contributed by atoms with van der Waals surface area (Å²) in [7, 11) is 0. The average Bonchev–Trinajstić information content (AvgIpc) is 3.18. The van der Waals surface area contributed by atoms with Gasteiger partial charge in [-0.25, -0.2) is 9.67 Å². The van der Waals surface area contributed by atoms with Crippen LogP contribution in [0.3, 0.4) is 0 Å². The molecule has 4 rings (SSSR count). The van der Waals surface area contributed by atoms with Crippen molar-refractivity contribution in [2.75, 3.05) is 13.2 Å². The monoisotopic (exact) mass is 326 g/mol. The number of fused-ring (bicyclic) bond motifs is 1. The van der Waals surface area contributed by atoms with E-state index < -0.39 is 0 Å². The fraction of sp³-hybridized carbons (Fsp3) is 0.500. The lowest BCUT2D eigenvalue weighted by Gasteiger charge is -2.18. The van der Waals surface area contributed by atoms with Gasteiger partial charge in [-0.3, -0.25) is 4.79 Å². The Labute approximate surface area is 141 Å². The van der Waals surface area contributed by atoms with Crippen LogP contribution in [0.2, 0.25) is 0 Å². The molecule has 0 spiro atoms. The number of aromatic nitrogens is 3. The van der Waals surface area contributed by atoms with Crippen molar-refractivity contribution in [1.29, 1.82) is 0 Å². The van der Waals surface area contributed by atoms with Gasteiger partial charge in [0.15, 0.2) is 5.82 Å². The van der Waals surface area contributed by atoms with E-state index in [2.05, 4.69) is 12.2 Å². The number of carbonyl (C=O) groups is 1. The molecule has 1 aromatic carbocycles. The van der Waals surface area contributed by atoms with Crippen molar-refractivity contribution in [3.05, 3.63) is 47.0 Å². The third kappa shape index (κ3) is 2.71. The number of nitrogens with zero attached hydrogens (tertiary/aromatic N) is 3. The standard InChI is InChI=1S/C18H22N4O2/c1-2-22-16(20-17(21-22)12-7-9-24-10-8-12)11-15-13-5-3-4-6-14(13)18(23)19-15/h3-6,12,15H,2,7-11H2,1H3,(H,19,23)/t15-/m0/s1. The highest BCUT2D eigenvalue weighted by Gasteiger charge is 2.30. The van der Waals surface area contributed by atoms with Crippen LogP contribution in [0.15, 0.2) is 24.3 Å². The van der Waals surface area contributed by atoms with Gasteiger partial charge >= 0.3 is 0 Å². The molecular formula is C18H22N4O2. The summed E-state index contributed by atoms with van der Waals surface area (Å²) in [5.41, 5.74) is 1.83. The Hall–Kier alpha value is -2.21. The first-order valence-corrected chi connectivity index (χ1v) is 8.67. The van der Waals surface area contributed by atoms with E-state index in [-0.39, 0.29) is 11.9 Å². The summed E-state index contributed by atoms with van der Waals surface area (Å²) in [6, 6.07) is 7.75. The summed E-state index contributed by atoms with van der Waals surface area (Å²) >= 11 is 0. The maximum absolute atomic E-state index is 12.1. The molecule has 0 radical (unpaired) electrons. The van der Waals surface area contributed by atoms with Crippen LogP contribution in [0.1, 0.15) is 59.3 Å². The molecule has 1 amide bonds. The highest BCUT2D eigenvalue weighted by atomic mass is 16.5. The van der Waals surface area contributed by atoms with Crippen LogP contribution in [0.25, 0.3) is 0 Å². The van der Waals surface area contributed by atoms with Crippen molar-refractivity contribution < 1.29 is 9.53 Å². The summed E-state index contributed by atoms with van der Waals surface area (Å²) in [5, 5.41) is 7.77. The van der Waals surface area contributed by atoms with Gasteiger partial charge in [-0.2, -0.15) is 5.10 Å². The number of amides is 1. The molecule has 1 saturated heterocycles. The molecule has 0 aliphatic carbocycles. The minimum Gasteiger partial charge on any atom is -0.381 e. The van der Waals surface area contributed by atoms with Crippen molar-refractivity contribution >= 4 is 5.91 Å². The molecule has 2 aliphatic rings. The predicted molar refractivity (Wildman–Crippen MR) is 88.8 cm³/mol. The van der Waals surface area contributed by atoms with E-state index in [0.29, 0.717) is 12.3 Å². The SMILES string of the molecule is CCn1nc(C2CCOCC2)nc1C[C@@H]1NC(=O)c2ccccc21. The summed E-state index contributed by atoms with van der Waals surface area (Å²) < 4.78 is 7.40. The van der Waals surface area contributed by atoms with Gasteiger partial charge in [0.05, 0.1) is 6.04 Å². The molecule has 0 bridgehead atoms. The van der Waals surface area contributed by atoms with Crippen molar-refractivity contribution in [3.63, 3.8) is 0 Å². The molecule has 0 saturated carbocycles. The molecule has 2 aliphatic heterocycles. The van der Waals surface area contributed by atoms with Crippen LogP contribution >= 0.6 is 0 Å². The quantitative estimate of drug-likeness (QED) is 0.935. The van der Waals surface area contributed by atoms with Gasteiger partial charge in [-0.05, 0) is 31.4 Å². The summed E-state index contributed by atoms with van der Waals surface area (Å²) in [5.74, 6) is 2.26. The summed E-state index contributed by atoms with van der Waals surface area (Å²) in [6.45, 7) is 4.43. The number of carbonyl (C=O) groups excluding carboxylic acids is 1. The first-order valence-electron chi connectivity index (χ1n) is 8.67. The summed E-state index contributed by atoms with van der Waals surface area (Å²) in [6.07, 6.45) is 2.64.